The van der Waals surface area contributed by atoms with Gasteiger partial charge in [0, 0.05) is 12.6 Å². The molecule has 10 heteroatoms. The molecule has 0 saturated carbocycles. The fourth-order valence-corrected chi connectivity index (χ4v) is 2.01. The molecule has 0 aliphatic heterocycles. The largest absolute Gasteiger partial charge is 0.573 e. The number of rotatable bonds is 4. The summed E-state index contributed by atoms with van der Waals surface area (Å²) in [7, 11) is 1.37. The molecule has 25 heavy (non-hydrogen) atoms. The zero-order valence-corrected chi connectivity index (χ0v) is 12.7. The second-order valence-electron chi connectivity index (χ2n) is 4.85. The van der Waals surface area contributed by atoms with Gasteiger partial charge in [-0.3, -0.25) is 4.99 Å². The Morgan fingerprint density at radius 1 is 1.16 bits per heavy atom. The van der Waals surface area contributed by atoms with E-state index in [1.165, 1.54) is 19.2 Å². The number of aryl methyl sites for hydroxylation is 1. The van der Waals surface area contributed by atoms with Gasteiger partial charge in [-0.2, -0.15) is 13.2 Å². The molecule has 0 aliphatic carbocycles. The van der Waals surface area contributed by atoms with Crippen LogP contribution in [0.3, 0.4) is 0 Å². The highest BCUT2D eigenvalue weighted by Crippen LogP contribution is 2.33. The predicted octanol–water partition coefficient (Wildman–Crippen LogP) is 4.54. The molecule has 0 unspecified atom stereocenters. The Hall–Kier alpha value is -2.78. The summed E-state index contributed by atoms with van der Waals surface area (Å²) in [6.45, 7) is 3.28. The van der Waals surface area contributed by atoms with Crippen LogP contribution in [0, 0.1) is 0 Å². The summed E-state index contributed by atoms with van der Waals surface area (Å²) in [5.74, 6) is -0.462. The molecule has 2 rings (SSSR count). The van der Waals surface area contributed by atoms with Gasteiger partial charge in [0.15, 0.2) is 5.69 Å². The number of hydrogen-bond donors (Lipinski definition) is 0. The zero-order valence-electron chi connectivity index (χ0n) is 12.7. The number of benzene rings is 1. The van der Waals surface area contributed by atoms with Gasteiger partial charge >= 0.3 is 12.5 Å². The fraction of sp³-hybridized carbons (Fsp3) is 0.200. The standard InChI is InChI=1S/C15H11F6N3O/c1-22-11(7-12-13(14(16,17)18)23-8-24(12)2)9-3-5-10(6-4-9)25-15(19,20)21/h3-8H,1H2,2H3/b11-7-. The first-order chi connectivity index (χ1) is 11.5. The zero-order chi connectivity index (χ0) is 18.8. The highest BCUT2D eigenvalue weighted by molar-refractivity contribution is 5.82. The van der Waals surface area contributed by atoms with E-state index in [4.69, 9.17) is 0 Å². The summed E-state index contributed by atoms with van der Waals surface area (Å²) in [5, 5.41) is 0. The second-order valence-corrected chi connectivity index (χ2v) is 4.85. The minimum Gasteiger partial charge on any atom is -0.406 e. The maximum absolute atomic E-state index is 13.0. The van der Waals surface area contributed by atoms with Crippen LogP contribution in [-0.4, -0.2) is 22.6 Å². The van der Waals surface area contributed by atoms with Gasteiger partial charge in [0.1, 0.15) is 5.75 Å². The molecule has 1 aromatic carbocycles. The molecule has 0 amide bonds. The molecule has 2 aromatic rings. The van der Waals surface area contributed by atoms with Crippen molar-refractivity contribution in [1.82, 2.24) is 9.55 Å². The van der Waals surface area contributed by atoms with Gasteiger partial charge in [0.05, 0.1) is 17.7 Å². The van der Waals surface area contributed by atoms with Gasteiger partial charge < -0.3 is 9.30 Å². The van der Waals surface area contributed by atoms with Crippen LogP contribution in [0.2, 0.25) is 0 Å². The normalized spacial score (nSPS) is 13.0. The lowest BCUT2D eigenvalue weighted by molar-refractivity contribution is -0.274. The third kappa shape index (κ3) is 4.61. The van der Waals surface area contributed by atoms with Crippen LogP contribution in [0.1, 0.15) is 17.0 Å². The Morgan fingerprint density at radius 3 is 2.24 bits per heavy atom. The number of halogens is 6. The monoisotopic (exact) mass is 363 g/mol. The molecule has 0 saturated heterocycles. The fourth-order valence-electron chi connectivity index (χ4n) is 2.01. The Labute approximate surface area is 138 Å². The van der Waals surface area contributed by atoms with E-state index in [0.29, 0.717) is 0 Å². The van der Waals surface area contributed by atoms with Crippen molar-refractivity contribution < 1.29 is 31.1 Å². The summed E-state index contributed by atoms with van der Waals surface area (Å²) >= 11 is 0. The molecule has 134 valence electrons. The molecular weight excluding hydrogens is 352 g/mol. The molecule has 1 aromatic heterocycles. The van der Waals surface area contributed by atoms with Gasteiger partial charge in [-0.1, -0.05) is 0 Å². The predicted molar refractivity (Wildman–Crippen MR) is 78.8 cm³/mol. The summed E-state index contributed by atoms with van der Waals surface area (Å²) < 4.78 is 80.2. The average molecular weight is 363 g/mol. The van der Waals surface area contributed by atoms with Crippen molar-refractivity contribution >= 4 is 18.5 Å². The molecule has 0 atom stereocenters. The topological polar surface area (TPSA) is 39.4 Å². The van der Waals surface area contributed by atoms with Crippen LogP contribution in [-0.2, 0) is 13.2 Å². The van der Waals surface area contributed by atoms with Gasteiger partial charge in [-0.05, 0) is 37.1 Å². The summed E-state index contributed by atoms with van der Waals surface area (Å²) in [6.07, 6.45) is -7.41. The van der Waals surface area contributed by atoms with Crippen LogP contribution in [0.5, 0.6) is 5.75 Å². The van der Waals surface area contributed by atoms with Crippen molar-refractivity contribution in [1.29, 1.82) is 0 Å². The van der Waals surface area contributed by atoms with E-state index in [-0.39, 0.29) is 17.0 Å². The number of imidazole rings is 1. The maximum atomic E-state index is 13.0. The average Bonchev–Trinajstić information content (AvgIpc) is 2.85. The van der Waals surface area contributed by atoms with Crippen LogP contribution >= 0.6 is 0 Å². The second kappa shape index (κ2) is 6.61. The highest BCUT2D eigenvalue weighted by Gasteiger charge is 2.36. The van der Waals surface area contributed by atoms with E-state index in [9.17, 15) is 26.3 Å². The van der Waals surface area contributed by atoms with Crippen molar-refractivity contribution in [3.63, 3.8) is 0 Å². The van der Waals surface area contributed by atoms with Crippen molar-refractivity contribution in [2.45, 2.75) is 12.5 Å². The van der Waals surface area contributed by atoms with E-state index in [1.807, 2.05) is 0 Å². The minimum absolute atomic E-state index is 0.0349. The summed E-state index contributed by atoms with van der Waals surface area (Å²) in [5.41, 5.74) is -1.06. The maximum Gasteiger partial charge on any atom is 0.573 e. The molecule has 0 N–H and O–H groups in total. The molecule has 0 spiro atoms. The first-order valence-electron chi connectivity index (χ1n) is 6.64. The van der Waals surface area contributed by atoms with Crippen LogP contribution in [0.4, 0.5) is 26.3 Å². The lowest BCUT2D eigenvalue weighted by Crippen LogP contribution is -2.16. The molecule has 0 fully saturated rings. The number of aliphatic imine (C=N–C) groups is 1. The highest BCUT2D eigenvalue weighted by atomic mass is 19.4. The Balaban J connectivity index is 2.39. The molecule has 0 aliphatic rings. The van der Waals surface area contributed by atoms with Crippen molar-refractivity contribution in [2.75, 3.05) is 0 Å². The van der Waals surface area contributed by atoms with Crippen molar-refractivity contribution in [2.24, 2.45) is 12.0 Å². The van der Waals surface area contributed by atoms with Crippen molar-refractivity contribution in [3.8, 4) is 5.75 Å². The number of alkyl halides is 6. The molecule has 4 nitrogen and oxygen atoms in total. The van der Waals surface area contributed by atoms with Crippen molar-refractivity contribution in [3.05, 3.63) is 47.5 Å². The lowest BCUT2D eigenvalue weighted by Gasteiger charge is -2.10. The van der Waals surface area contributed by atoms with E-state index in [0.717, 1.165) is 29.1 Å². The first-order valence-corrected chi connectivity index (χ1v) is 6.64. The SMILES string of the molecule is C=N/C(=C\c1c(C(F)(F)F)ncn1C)c1ccc(OC(F)(F)F)cc1. The molecule has 0 bridgehead atoms. The van der Waals surface area contributed by atoms with Gasteiger partial charge in [0.2, 0.25) is 0 Å². The number of aromatic nitrogens is 2. The van der Waals surface area contributed by atoms with E-state index in [1.54, 1.807) is 0 Å². The van der Waals surface area contributed by atoms with Crippen LogP contribution in [0.15, 0.2) is 35.6 Å². The van der Waals surface area contributed by atoms with E-state index < -0.39 is 24.0 Å². The summed E-state index contributed by atoms with van der Waals surface area (Å²) in [6, 6.07) is 4.50. The van der Waals surface area contributed by atoms with E-state index in [2.05, 4.69) is 21.4 Å². The number of nitrogens with zero attached hydrogens (tertiary/aromatic N) is 3. The van der Waals surface area contributed by atoms with Crippen LogP contribution < -0.4 is 4.74 Å². The quantitative estimate of drug-likeness (QED) is 0.591. The van der Waals surface area contributed by atoms with Gasteiger partial charge in [0.25, 0.3) is 0 Å². The Bertz CT molecular complexity index is 787. The van der Waals surface area contributed by atoms with Crippen LogP contribution in [0.25, 0.3) is 11.8 Å². The third-order valence-corrected chi connectivity index (χ3v) is 3.08. The van der Waals surface area contributed by atoms with Gasteiger partial charge in [-0.25, -0.2) is 4.98 Å². The van der Waals surface area contributed by atoms with E-state index >= 15 is 0 Å². The molecule has 0 radical (unpaired) electrons. The van der Waals surface area contributed by atoms with Gasteiger partial charge in [-0.15, -0.1) is 13.2 Å². The molecular formula is C15H11F6N3O. The molecule has 1 heterocycles. The Kier molecular flexibility index (Phi) is 4.91. The third-order valence-electron chi connectivity index (χ3n) is 3.08. The Morgan fingerprint density at radius 2 is 1.76 bits per heavy atom. The number of hydrogen-bond acceptors (Lipinski definition) is 3. The smallest absolute Gasteiger partial charge is 0.406 e. The first kappa shape index (κ1) is 18.6. The lowest BCUT2D eigenvalue weighted by atomic mass is 10.1. The minimum atomic E-state index is -4.84. The number of ether oxygens (including phenoxy) is 1. The summed E-state index contributed by atoms with van der Waals surface area (Å²) in [4.78, 5) is 6.95.